The number of nitrogens with zero attached hydrogens (tertiary/aromatic N) is 3. The molecule has 1 unspecified atom stereocenters. The van der Waals surface area contributed by atoms with Crippen LogP contribution in [0, 0.1) is 11.8 Å². The Labute approximate surface area is 248 Å². The van der Waals surface area contributed by atoms with E-state index in [1.807, 2.05) is 0 Å². The Balaban J connectivity index is 1.22. The number of H-pyrrole nitrogens is 1. The van der Waals surface area contributed by atoms with E-state index < -0.39 is 43.2 Å². The number of carbonyl (C=O) groups excluding carboxylic acids is 2. The second-order valence-corrected chi connectivity index (χ2v) is 12.5. The van der Waals surface area contributed by atoms with Gasteiger partial charge in [-0.2, -0.15) is 0 Å². The molecule has 2 heterocycles. The maximum absolute atomic E-state index is 13.6. The fourth-order valence-electron chi connectivity index (χ4n) is 5.56. The molecule has 3 saturated carbocycles. The van der Waals surface area contributed by atoms with Gasteiger partial charge in [0.1, 0.15) is 24.2 Å². The number of aromatic amines is 1. The van der Waals surface area contributed by atoms with Crippen molar-refractivity contribution in [1.29, 1.82) is 0 Å². The largest absolute Gasteiger partial charge is 0.364 e. The number of imidazole rings is 1. The first kappa shape index (κ1) is 30.4. The third-order valence-electron chi connectivity index (χ3n) is 8.58. The molecule has 0 saturated heterocycles. The van der Waals surface area contributed by atoms with Gasteiger partial charge < -0.3 is 20.4 Å². The number of carbonyl (C=O) groups is 2. The maximum atomic E-state index is 13.6. The van der Waals surface area contributed by atoms with E-state index in [1.165, 1.54) is 0 Å². The molecule has 0 bridgehead atoms. The summed E-state index contributed by atoms with van der Waals surface area (Å²) < 4.78 is 77.2. The second kappa shape index (κ2) is 11.7. The number of hydrogen-bond donors (Lipinski definition) is 3. The molecule has 3 N–H and O–H groups in total. The Hall–Kier alpha value is -3.62. The van der Waals surface area contributed by atoms with Gasteiger partial charge >= 0.3 is 0 Å². The van der Waals surface area contributed by atoms with Crippen LogP contribution < -0.4 is 10.6 Å². The molecule has 10 nitrogen and oxygen atoms in total. The fourth-order valence-corrected chi connectivity index (χ4v) is 5.56. The summed E-state index contributed by atoms with van der Waals surface area (Å²) in [6.07, 6.45) is -0.187. The van der Waals surface area contributed by atoms with Gasteiger partial charge in [0.05, 0.1) is 23.7 Å². The van der Waals surface area contributed by atoms with Gasteiger partial charge in [-0.1, -0.05) is 11.2 Å². The lowest BCUT2D eigenvalue weighted by Gasteiger charge is -2.34. The number of halogens is 5. The molecule has 0 spiro atoms. The van der Waals surface area contributed by atoms with Crippen molar-refractivity contribution in [3.63, 3.8) is 0 Å². The zero-order chi connectivity index (χ0) is 31.2. The number of benzene rings is 1. The maximum Gasteiger partial charge on any atom is 0.276 e. The van der Waals surface area contributed by atoms with Gasteiger partial charge in [0.25, 0.3) is 12.3 Å². The Morgan fingerprint density at radius 1 is 1.16 bits per heavy atom. The summed E-state index contributed by atoms with van der Waals surface area (Å²) in [5, 5.41) is 13.2. The molecule has 3 aliphatic rings. The summed E-state index contributed by atoms with van der Waals surface area (Å²) in [6.45, 7) is -1.05. The minimum absolute atomic E-state index is 0.0355. The summed E-state index contributed by atoms with van der Waals surface area (Å²) in [5.41, 5.74) is -0.223. The van der Waals surface area contributed by atoms with Crippen LogP contribution in [0.15, 0.2) is 22.8 Å². The van der Waals surface area contributed by atoms with E-state index in [9.17, 15) is 31.5 Å². The molecule has 3 aliphatic carbocycles. The number of amides is 2. The van der Waals surface area contributed by atoms with Crippen molar-refractivity contribution in [2.24, 2.45) is 11.8 Å². The van der Waals surface area contributed by atoms with E-state index in [2.05, 4.69) is 30.9 Å². The molecular formula is C29H33F5N6O4. The highest BCUT2D eigenvalue weighted by atomic mass is 19.3. The van der Waals surface area contributed by atoms with Gasteiger partial charge in [0.2, 0.25) is 11.8 Å². The van der Waals surface area contributed by atoms with Crippen LogP contribution in [0.1, 0.15) is 97.4 Å². The van der Waals surface area contributed by atoms with E-state index in [1.54, 1.807) is 18.2 Å². The summed E-state index contributed by atoms with van der Waals surface area (Å²) >= 11 is 0. The van der Waals surface area contributed by atoms with Crippen LogP contribution in [0.4, 0.5) is 22.0 Å². The number of ether oxygens (including phenoxy) is 1. The van der Waals surface area contributed by atoms with Crippen LogP contribution in [-0.2, 0) is 9.53 Å². The average molecular weight is 625 g/mol. The van der Waals surface area contributed by atoms with Crippen molar-refractivity contribution >= 4 is 22.8 Å². The van der Waals surface area contributed by atoms with E-state index in [-0.39, 0.29) is 60.5 Å². The third-order valence-corrected chi connectivity index (χ3v) is 8.58. The van der Waals surface area contributed by atoms with Gasteiger partial charge in [-0.25, -0.2) is 31.6 Å². The minimum Gasteiger partial charge on any atom is -0.364 e. The number of hydrogen-bond acceptors (Lipinski definition) is 7. The summed E-state index contributed by atoms with van der Waals surface area (Å²) in [4.78, 5) is 33.5. The summed E-state index contributed by atoms with van der Waals surface area (Å²) in [6, 6.07) is 3.89. The second-order valence-electron chi connectivity index (χ2n) is 12.5. The quantitative estimate of drug-likeness (QED) is 0.207. The van der Waals surface area contributed by atoms with Crippen molar-refractivity contribution in [3.8, 4) is 0 Å². The van der Waals surface area contributed by atoms with Crippen LogP contribution in [0.25, 0.3) is 11.0 Å². The highest BCUT2D eigenvalue weighted by molar-refractivity contribution is 5.93. The van der Waals surface area contributed by atoms with Gasteiger partial charge in [0.15, 0.2) is 11.3 Å². The first-order valence-corrected chi connectivity index (χ1v) is 14.7. The lowest BCUT2D eigenvalue weighted by molar-refractivity contribution is -0.143. The van der Waals surface area contributed by atoms with Crippen LogP contribution in [0.2, 0.25) is 0 Å². The highest BCUT2D eigenvalue weighted by Crippen LogP contribution is 2.45. The average Bonchev–Trinajstić information content (AvgIpc) is 3.90. The summed E-state index contributed by atoms with van der Waals surface area (Å²) in [7, 11) is 0. The van der Waals surface area contributed by atoms with E-state index in [0.29, 0.717) is 16.7 Å². The van der Waals surface area contributed by atoms with Crippen molar-refractivity contribution < 1.29 is 40.9 Å². The number of aromatic nitrogens is 4. The molecule has 3 atom stereocenters. The van der Waals surface area contributed by atoms with Crippen molar-refractivity contribution in [1.82, 2.24) is 30.9 Å². The predicted molar refractivity (Wildman–Crippen MR) is 145 cm³/mol. The molecule has 2 aromatic heterocycles. The Morgan fingerprint density at radius 3 is 2.55 bits per heavy atom. The van der Waals surface area contributed by atoms with E-state index >= 15 is 0 Å². The van der Waals surface area contributed by atoms with E-state index in [4.69, 9.17) is 9.37 Å². The number of fused-ring (bicyclic) bond motifs is 1. The van der Waals surface area contributed by atoms with Crippen LogP contribution in [0.5, 0.6) is 0 Å². The zero-order valence-electron chi connectivity index (χ0n) is 23.9. The molecule has 3 fully saturated rings. The molecule has 15 heteroatoms. The highest BCUT2D eigenvalue weighted by Gasteiger charge is 2.46. The van der Waals surface area contributed by atoms with Crippen molar-refractivity contribution in [3.05, 3.63) is 41.0 Å². The number of rotatable bonds is 14. The SMILES string of the molecule is CC(CF)(OC[C@H](NC(=O)c1nonc1C1CC1)c1nc2ccc([C@H](NC(=O)CC3CC(F)(F)C3)C3CC3)cc2[nH]1)C(F)F. The number of alkyl halides is 5. The van der Waals surface area contributed by atoms with Gasteiger partial charge in [-0.3, -0.25) is 9.59 Å². The Morgan fingerprint density at radius 2 is 1.91 bits per heavy atom. The minimum atomic E-state index is -3.13. The molecular weight excluding hydrogens is 591 g/mol. The molecule has 6 rings (SSSR count). The topological polar surface area (TPSA) is 135 Å². The molecule has 0 aliphatic heterocycles. The van der Waals surface area contributed by atoms with Gasteiger partial charge in [0, 0.05) is 25.2 Å². The molecule has 238 valence electrons. The first-order chi connectivity index (χ1) is 20.9. The smallest absolute Gasteiger partial charge is 0.276 e. The number of nitrogens with one attached hydrogen (secondary N) is 3. The molecule has 1 aromatic carbocycles. The molecule has 44 heavy (non-hydrogen) atoms. The zero-order valence-corrected chi connectivity index (χ0v) is 23.9. The third kappa shape index (κ3) is 6.57. The standard InChI is InChI=1S/C29H33F5N6O4/c1-28(13-30,27(31)32)43-12-20(37-26(42)24-23(16-4-5-16)39-44-40-24)25-35-18-7-6-17(9-19(18)36-25)22(15-2-3-15)38-21(41)8-14-10-29(33,34)11-14/h6-7,9,14-16,20,22,27H,2-5,8,10-13H2,1H3,(H,35,36)(H,37,42)(H,38,41)/t20-,22+,28?/m0/s1. The van der Waals surface area contributed by atoms with Gasteiger partial charge in [-0.05, 0) is 67.3 Å². The van der Waals surface area contributed by atoms with Crippen molar-refractivity contribution in [2.45, 2.75) is 87.8 Å². The predicted octanol–water partition coefficient (Wildman–Crippen LogP) is 5.31. The van der Waals surface area contributed by atoms with E-state index in [0.717, 1.165) is 38.2 Å². The monoisotopic (exact) mass is 624 g/mol. The van der Waals surface area contributed by atoms with Crippen molar-refractivity contribution in [2.75, 3.05) is 13.3 Å². The normalized spacial score (nSPS) is 21.1. The molecule has 3 aromatic rings. The lowest BCUT2D eigenvalue weighted by atomic mass is 9.79. The summed E-state index contributed by atoms with van der Waals surface area (Å²) in [5.74, 6) is -3.57. The Bertz CT molecular complexity index is 1510. The lowest BCUT2D eigenvalue weighted by Crippen LogP contribution is -2.43. The Kier molecular flexibility index (Phi) is 8.09. The molecule has 0 radical (unpaired) electrons. The molecule has 2 amide bonds. The van der Waals surface area contributed by atoms with Crippen LogP contribution in [-0.4, -0.2) is 63.3 Å². The van der Waals surface area contributed by atoms with Gasteiger partial charge in [-0.15, -0.1) is 0 Å². The fraction of sp³-hybridized carbons (Fsp3) is 0.621. The van der Waals surface area contributed by atoms with Crippen LogP contribution in [0.3, 0.4) is 0 Å². The first-order valence-electron chi connectivity index (χ1n) is 14.7. The van der Waals surface area contributed by atoms with Crippen LogP contribution >= 0.6 is 0 Å².